The molecule has 98 valence electrons. The Kier molecular flexibility index (Phi) is 12.5. The van der Waals surface area contributed by atoms with Crippen LogP contribution in [0.5, 0.6) is 0 Å². The summed E-state index contributed by atoms with van der Waals surface area (Å²) >= 11 is 0. The summed E-state index contributed by atoms with van der Waals surface area (Å²) in [5.74, 6) is -2.77. The number of carbonyl (C=O) groups excluding carboxylic acids is 1. The average Bonchev–Trinajstić information content (AvgIpc) is 2.22. The highest BCUT2D eigenvalue weighted by atomic mass is 16.6. The molecule has 0 aromatic heterocycles. The molecule has 0 amide bonds. The zero-order chi connectivity index (χ0) is 13.7. The lowest BCUT2D eigenvalue weighted by Crippen LogP contribution is -2.06. The van der Waals surface area contributed by atoms with E-state index in [0.717, 1.165) is 0 Å². The van der Waals surface area contributed by atoms with Crippen molar-refractivity contribution in [2.75, 3.05) is 19.8 Å². The summed E-state index contributed by atoms with van der Waals surface area (Å²) in [5, 5.41) is 15.6. The number of carbonyl (C=O) groups is 3. The SMILES string of the molecule is CCOCCOC(C)=O.O=C(O)/C=C\C(=O)O. The Bertz CT molecular complexity index is 254. The normalized spacial score (nSPS) is 9.29. The molecule has 0 aliphatic rings. The van der Waals surface area contributed by atoms with Gasteiger partial charge in [0.2, 0.25) is 0 Å². The van der Waals surface area contributed by atoms with Crippen molar-refractivity contribution >= 4 is 17.9 Å². The first-order valence-electron chi connectivity index (χ1n) is 4.75. The molecule has 0 aliphatic heterocycles. The minimum absolute atomic E-state index is 0.255. The van der Waals surface area contributed by atoms with E-state index in [2.05, 4.69) is 4.74 Å². The topological polar surface area (TPSA) is 110 Å². The van der Waals surface area contributed by atoms with Crippen LogP contribution in [-0.4, -0.2) is 47.9 Å². The van der Waals surface area contributed by atoms with Gasteiger partial charge in [-0.2, -0.15) is 0 Å². The van der Waals surface area contributed by atoms with Gasteiger partial charge in [0.15, 0.2) is 0 Å². The predicted molar refractivity (Wildman–Crippen MR) is 57.5 cm³/mol. The molecule has 0 aromatic rings. The molecule has 0 radical (unpaired) electrons. The van der Waals surface area contributed by atoms with Gasteiger partial charge in [-0.1, -0.05) is 0 Å². The fourth-order valence-corrected chi connectivity index (χ4v) is 0.531. The van der Waals surface area contributed by atoms with Gasteiger partial charge in [0, 0.05) is 25.7 Å². The van der Waals surface area contributed by atoms with Crippen molar-refractivity contribution < 1.29 is 34.1 Å². The Balaban J connectivity index is 0. The fraction of sp³-hybridized carbons (Fsp3) is 0.500. The molecular formula is C10H16O7. The molecule has 0 fully saturated rings. The van der Waals surface area contributed by atoms with Crippen LogP contribution in [0, 0.1) is 0 Å². The van der Waals surface area contributed by atoms with Gasteiger partial charge >= 0.3 is 17.9 Å². The van der Waals surface area contributed by atoms with Crippen LogP contribution in [0.4, 0.5) is 0 Å². The molecule has 2 N–H and O–H groups in total. The Morgan fingerprint density at radius 2 is 1.53 bits per heavy atom. The molecule has 0 heterocycles. The molecule has 0 saturated heterocycles. The number of aliphatic carboxylic acids is 2. The van der Waals surface area contributed by atoms with Crippen molar-refractivity contribution in [3.05, 3.63) is 12.2 Å². The molecule has 0 saturated carbocycles. The molecule has 0 aromatic carbocycles. The van der Waals surface area contributed by atoms with Crippen molar-refractivity contribution in [1.82, 2.24) is 0 Å². The highest BCUT2D eigenvalue weighted by molar-refractivity contribution is 5.89. The molecule has 17 heavy (non-hydrogen) atoms. The van der Waals surface area contributed by atoms with Gasteiger partial charge in [-0.05, 0) is 6.92 Å². The maximum absolute atomic E-state index is 10.1. The largest absolute Gasteiger partial charge is 0.478 e. The van der Waals surface area contributed by atoms with Crippen LogP contribution < -0.4 is 0 Å². The standard InChI is InChI=1S/C6H12O3.C4H4O4/c1-3-8-4-5-9-6(2)7;5-3(6)1-2-4(7)8/h3-5H2,1-2H3;1-2H,(H,5,6)(H,7,8)/b;2-1-. The predicted octanol–water partition coefficient (Wildman–Crippen LogP) is 0.298. The van der Waals surface area contributed by atoms with Crippen LogP contribution in [0.25, 0.3) is 0 Å². The summed E-state index contributed by atoms with van der Waals surface area (Å²) in [6, 6.07) is 0. The number of rotatable bonds is 6. The van der Waals surface area contributed by atoms with E-state index in [0.29, 0.717) is 32.0 Å². The van der Waals surface area contributed by atoms with Crippen molar-refractivity contribution in [1.29, 1.82) is 0 Å². The van der Waals surface area contributed by atoms with Gasteiger partial charge in [0.25, 0.3) is 0 Å². The number of hydrogen-bond donors (Lipinski definition) is 2. The summed E-state index contributed by atoms with van der Waals surface area (Å²) in [5.41, 5.74) is 0. The second-order valence-corrected chi connectivity index (χ2v) is 2.55. The Labute approximate surface area is 98.6 Å². The molecule has 0 spiro atoms. The summed E-state index contributed by atoms with van der Waals surface area (Å²) < 4.78 is 9.49. The molecule has 7 heteroatoms. The number of esters is 1. The lowest BCUT2D eigenvalue weighted by Gasteiger charge is -1.99. The first-order valence-corrected chi connectivity index (χ1v) is 4.75. The smallest absolute Gasteiger partial charge is 0.328 e. The summed E-state index contributed by atoms with van der Waals surface area (Å²) in [6.07, 6.45) is 1.12. The third kappa shape index (κ3) is 24.9. The van der Waals surface area contributed by atoms with Crippen LogP contribution in [0.3, 0.4) is 0 Å². The lowest BCUT2D eigenvalue weighted by molar-refractivity contribution is -0.142. The average molecular weight is 248 g/mol. The van der Waals surface area contributed by atoms with Gasteiger partial charge in [0.05, 0.1) is 6.61 Å². The zero-order valence-electron chi connectivity index (χ0n) is 9.71. The van der Waals surface area contributed by atoms with Crippen molar-refractivity contribution in [3.8, 4) is 0 Å². The van der Waals surface area contributed by atoms with Gasteiger partial charge < -0.3 is 19.7 Å². The summed E-state index contributed by atoms with van der Waals surface area (Å²) in [6.45, 7) is 4.81. The van der Waals surface area contributed by atoms with E-state index in [1.807, 2.05) is 6.92 Å². The Morgan fingerprint density at radius 1 is 1.06 bits per heavy atom. The summed E-state index contributed by atoms with van der Waals surface area (Å²) in [4.78, 5) is 29.2. The van der Waals surface area contributed by atoms with E-state index in [-0.39, 0.29) is 5.97 Å². The van der Waals surface area contributed by atoms with Crippen molar-refractivity contribution in [2.24, 2.45) is 0 Å². The van der Waals surface area contributed by atoms with E-state index in [4.69, 9.17) is 14.9 Å². The Hall–Kier alpha value is -1.89. The van der Waals surface area contributed by atoms with Crippen molar-refractivity contribution in [3.63, 3.8) is 0 Å². The lowest BCUT2D eigenvalue weighted by atomic mass is 10.5. The first-order chi connectivity index (χ1) is 7.90. The molecule has 0 atom stereocenters. The van der Waals surface area contributed by atoms with E-state index >= 15 is 0 Å². The van der Waals surface area contributed by atoms with E-state index in [9.17, 15) is 14.4 Å². The third-order valence-corrected chi connectivity index (χ3v) is 1.11. The first kappa shape index (κ1) is 17.5. The highest BCUT2D eigenvalue weighted by Crippen LogP contribution is 1.77. The van der Waals surface area contributed by atoms with Gasteiger partial charge in [0.1, 0.15) is 6.61 Å². The second-order valence-electron chi connectivity index (χ2n) is 2.55. The zero-order valence-corrected chi connectivity index (χ0v) is 9.71. The molecule has 7 nitrogen and oxygen atoms in total. The number of ether oxygens (including phenoxy) is 2. The number of hydrogen-bond acceptors (Lipinski definition) is 5. The van der Waals surface area contributed by atoms with Gasteiger partial charge in [-0.3, -0.25) is 4.79 Å². The third-order valence-electron chi connectivity index (χ3n) is 1.11. The molecule has 0 bridgehead atoms. The molecule has 0 aliphatic carbocycles. The van der Waals surface area contributed by atoms with Gasteiger partial charge in [-0.25, -0.2) is 9.59 Å². The number of carboxylic acids is 2. The monoisotopic (exact) mass is 248 g/mol. The summed E-state index contributed by atoms with van der Waals surface area (Å²) in [7, 11) is 0. The van der Waals surface area contributed by atoms with Crippen LogP contribution in [0.1, 0.15) is 13.8 Å². The minimum atomic E-state index is -1.26. The van der Waals surface area contributed by atoms with Gasteiger partial charge in [-0.15, -0.1) is 0 Å². The Morgan fingerprint density at radius 3 is 1.82 bits per heavy atom. The quantitative estimate of drug-likeness (QED) is 0.395. The van der Waals surface area contributed by atoms with Crippen LogP contribution in [0.15, 0.2) is 12.2 Å². The maximum Gasteiger partial charge on any atom is 0.328 e. The van der Waals surface area contributed by atoms with E-state index < -0.39 is 11.9 Å². The molecule has 0 rings (SSSR count). The van der Waals surface area contributed by atoms with E-state index in [1.165, 1.54) is 6.92 Å². The van der Waals surface area contributed by atoms with Crippen molar-refractivity contribution in [2.45, 2.75) is 13.8 Å². The molecular weight excluding hydrogens is 232 g/mol. The minimum Gasteiger partial charge on any atom is -0.478 e. The highest BCUT2D eigenvalue weighted by Gasteiger charge is 1.89. The second kappa shape index (κ2) is 12.2. The van der Waals surface area contributed by atoms with Crippen LogP contribution in [0.2, 0.25) is 0 Å². The molecule has 0 unspecified atom stereocenters. The van der Waals surface area contributed by atoms with Crippen LogP contribution in [-0.2, 0) is 23.9 Å². The maximum atomic E-state index is 10.1. The number of carboxylic acid groups (broad SMARTS) is 2. The fourth-order valence-electron chi connectivity index (χ4n) is 0.531. The van der Waals surface area contributed by atoms with Crippen LogP contribution >= 0.6 is 0 Å². The van der Waals surface area contributed by atoms with E-state index in [1.54, 1.807) is 0 Å².